The van der Waals surface area contributed by atoms with Crippen molar-refractivity contribution in [2.75, 3.05) is 5.32 Å². The van der Waals surface area contributed by atoms with E-state index in [1.807, 2.05) is 5.32 Å². The Bertz CT molecular complexity index is 525. The molecule has 0 bridgehead atoms. The van der Waals surface area contributed by atoms with Crippen LogP contribution in [-0.4, -0.2) is 11.7 Å². The zero-order chi connectivity index (χ0) is 15.7. The Kier molecular flexibility index (Phi) is 4.82. The maximum Gasteiger partial charge on any atom is 0.418 e. The van der Waals surface area contributed by atoms with Gasteiger partial charge in [-0.15, -0.1) is 0 Å². The zero-order valence-electron chi connectivity index (χ0n) is 10.9. The molecule has 0 aliphatic rings. The van der Waals surface area contributed by atoms with Gasteiger partial charge in [0.1, 0.15) is 5.60 Å². The molecule has 1 aromatic carbocycles. The Hall–Kier alpha value is -1.14. The fourth-order valence-electron chi connectivity index (χ4n) is 1.30. The predicted molar refractivity (Wildman–Crippen MR) is 71.3 cm³/mol. The second-order valence-corrected chi connectivity index (χ2v) is 5.75. The standard InChI is InChI=1S/C12H12Cl2F3NO2/c1-11(2,3)20-10(19)18-9-5-8(14)7(13)4-6(9)12(15,16)17/h4-5H,1-3H3,(H,18,19). The van der Waals surface area contributed by atoms with Gasteiger partial charge >= 0.3 is 12.3 Å². The summed E-state index contributed by atoms with van der Waals surface area (Å²) in [6.07, 6.45) is -5.69. The molecule has 0 unspecified atom stereocenters. The molecule has 3 nitrogen and oxygen atoms in total. The van der Waals surface area contributed by atoms with Gasteiger partial charge < -0.3 is 4.74 Å². The van der Waals surface area contributed by atoms with Gasteiger partial charge in [0.25, 0.3) is 0 Å². The van der Waals surface area contributed by atoms with Crippen molar-refractivity contribution in [2.24, 2.45) is 0 Å². The number of halogens is 5. The molecule has 1 rings (SSSR count). The van der Waals surface area contributed by atoms with Gasteiger partial charge in [0.05, 0.1) is 21.3 Å². The van der Waals surface area contributed by atoms with Crippen LogP contribution in [-0.2, 0) is 10.9 Å². The number of rotatable bonds is 1. The van der Waals surface area contributed by atoms with Crippen LogP contribution in [0.25, 0.3) is 0 Å². The SMILES string of the molecule is CC(C)(C)OC(=O)Nc1cc(Cl)c(Cl)cc1C(F)(F)F. The van der Waals surface area contributed by atoms with E-state index in [1.165, 1.54) is 0 Å². The normalized spacial score (nSPS) is 12.2. The number of nitrogens with one attached hydrogen (secondary N) is 1. The number of carbonyl (C=O) groups excluding carboxylic acids is 1. The average molecular weight is 330 g/mol. The molecule has 0 saturated heterocycles. The van der Waals surface area contributed by atoms with Crippen LogP contribution in [0.5, 0.6) is 0 Å². The first-order valence-corrected chi connectivity index (χ1v) is 6.22. The van der Waals surface area contributed by atoms with E-state index in [2.05, 4.69) is 0 Å². The molecule has 1 amide bonds. The number of carbonyl (C=O) groups is 1. The molecule has 0 radical (unpaired) electrons. The van der Waals surface area contributed by atoms with E-state index in [-0.39, 0.29) is 10.0 Å². The van der Waals surface area contributed by atoms with Gasteiger partial charge in [0.15, 0.2) is 0 Å². The fourth-order valence-corrected chi connectivity index (χ4v) is 1.63. The van der Waals surface area contributed by atoms with Crippen LogP contribution in [0.1, 0.15) is 26.3 Å². The Morgan fingerprint density at radius 2 is 1.65 bits per heavy atom. The lowest BCUT2D eigenvalue weighted by Gasteiger charge is -2.21. The number of anilines is 1. The lowest BCUT2D eigenvalue weighted by Crippen LogP contribution is -2.28. The Morgan fingerprint density at radius 1 is 1.15 bits per heavy atom. The van der Waals surface area contributed by atoms with Gasteiger partial charge in [-0.3, -0.25) is 5.32 Å². The van der Waals surface area contributed by atoms with Crippen LogP contribution >= 0.6 is 23.2 Å². The molecule has 0 spiro atoms. The molecule has 0 atom stereocenters. The third-order valence-corrected chi connectivity index (χ3v) is 2.72. The van der Waals surface area contributed by atoms with Gasteiger partial charge in [0, 0.05) is 0 Å². The summed E-state index contributed by atoms with van der Waals surface area (Å²) in [6.45, 7) is 4.77. The van der Waals surface area contributed by atoms with E-state index in [4.69, 9.17) is 27.9 Å². The fraction of sp³-hybridized carbons (Fsp3) is 0.417. The number of hydrogen-bond acceptors (Lipinski definition) is 2. The van der Waals surface area contributed by atoms with Crippen molar-refractivity contribution in [1.82, 2.24) is 0 Å². The Labute approximate surface area is 124 Å². The van der Waals surface area contributed by atoms with Crippen molar-refractivity contribution in [3.05, 3.63) is 27.7 Å². The van der Waals surface area contributed by atoms with Gasteiger partial charge in [-0.25, -0.2) is 4.79 Å². The second kappa shape index (κ2) is 5.69. The molecule has 8 heteroatoms. The summed E-state index contributed by atoms with van der Waals surface area (Å²) in [4.78, 5) is 11.5. The van der Waals surface area contributed by atoms with Crippen molar-refractivity contribution in [1.29, 1.82) is 0 Å². The third kappa shape index (κ3) is 4.76. The van der Waals surface area contributed by atoms with E-state index in [0.29, 0.717) is 6.07 Å². The molecular weight excluding hydrogens is 318 g/mol. The summed E-state index contributed by atoms with van der Waals surface area (Å²) >= 11 is 11.2. The summed E-state index contributed by atoms with van der Waals surface area (Å²) in [5, 5.41) is 1.66. The third-order valence-electron chi connectivity index (χ3n) is 2.00. The number of alkyl halides is 3. The predicted octanol–water partition coefficient (Wildman–Crippen LogP) is 5.36. The van der Waals surface area contributed by atoms with Crippen LogP contribution in [0.2, 0.25) is 10.0 Å². The highest BCUT2D eigenvalue weighted by Crippen LogP contribution is 2.39. The van der Waals surface area contributed by atoms with Crippen molar-refractivity contribution >= 4 is 35.0 Å². The van der Waals surface area contributed by atoms with E-state index in [0.717, 1.165) is 6.07 Å². The monoisotopic (exact) mass is 329 g/mol. The number of amides is 1. The van der Waals surface area contributed by atoms with E-state index in [9.17, 15) is 18.0 Å². The first-order chi connectivity index (χ1) is 8.90. The highest BCUT2D eigenvalue weighted by molar-refractivity contribution is 6.42. The quantitative estimate of drug-likeness (QED) is 0.753. The molecular formula is C12H12Cl2F3NO2. The highest BCUT2D eigenvalue weighted by atomic mass is 35.5. The summed E-state index contributed by atoms with van der Waals surface area (Å²) in [6, 6.07) is 1.58. The second-order valence-electron chi connectivity index (χ2n) is 4.94. The lowest BCUT2D eigenvalue weighted by molar-refractivity contribution is -0.136. The summed E-state index contributed by atoms with van der Waals surface area (Å²) < 4.78 is 43.4. The lowest BCUT2D eigenvalue weighted by atomic mass is 10.1. The summed E-state index contributed by atoms with van der Waals surface area (Å²) in [7, 11) is 0. The minimum atomic E-state index is -4.68. The van der Waals surface area contributed by atoms with E-state index >= 15 is 0 Å². The van der Waals surface area contributed by atoms with Crippen molar-refractivity contribution in [3.8, 4) is 0 Å². The molecule has 0 fully saturated rings. The van der Waals surface area contributed by atoms with Gasteiger partial charge in [-0.05, 0) is 32.9 Å². The van der Waals surface area contributed by atoms with Gasteiger partial charge in [-0.1, -0.05) is 23.2 Å². The molecule has 0 heterocycles. The first-order valence-electron chi connectivity index (χ1n) is 5.46. The van der Waals surface area contributed by atoms with E-state index < -0.39 is 29.1 Å². The maximum atomic E-state index is 12.9. The van der Waals surface area contributed by atoms with E-state index in [1.54, 1.807) is 20.8 Å². The van der Waals surface area contributed by atoms with Gasteiger partial charge in [0.2, 0.25) is 0 Å². The van der Waals surface area contributed by atoms with Crippen LogP contribution < -0.4 is 5.32 Å². The van der Waals surface area contributed by atoms with Crippen LogP contribution in [0.4, 0.5) is 23.7 Å². The smallest absolute Gasteiger partial charge is 0.418 e. The molecule has 112 valence electrons. The Balaban J connectivity index is 3.11. The number of ether oxygens (including phenoxy) is 1. The minimum Gasteiger partial charge on any atom is -0.444 e. The average Bonchev–Trinajstić information content (AvgIpc) is 2.18. The number of benzene rings is 1. The maximum absolute atomic E-state index is 12.9. The summed E-state index contributed by atoms with van der Waals surface area (Å²) in [5.74, 6) is 0. The van der Waals surface area contributed by atoms with Crippen molar-refractivity contribution in [3.63, 3.8) is 0 Å². The molecule has 0 aliphatic heterocycles. The Morgan fingerprint density at radius 3 is 2.10 bits per heavy atom. The largest absolute Gasteiger partial charge is 0.444 e. The number of hydrogen-bond donors (Lipinski definition) is 1. The summed E-state index contributed by atoms with van der Waals surface area (Å²) in [5.41, 5.74) is -2.45. The molecule has 1 aromatic rings. The van der Waals surface area contributed by atoms with Crippen molar-refractivity contribution in [2.45, 2.75) is 32.5 Å². The minimum absolute atomic E-state index is 0.106. The topological polar surface area (TPSA) is 38.3 Å². The highest BCUT2D eigenvalue weighted by Gasteiger charge is 2.35. The molecule has 0 aromatic heterocycles. The van der Waals surface area contributed by atoms with Crippen LogP contribution in [0.15, 0.2) is 12.1 Å². The van der Waals surface area contributed by atoms with Gasteiger partial charge in [-0.2, -0.15) is 13.2 Å². The molecule has 0 saturated carbocycles. The molecule has 20 heavy (non-hydrogen) atoms. The first kappa shape index (κ1) is 16.9. The zero-order valence-corrected chi connectivity index (χ0v) is 12.4. The van der Waals surface area contributed by atoms with Crippen LogP contribution in [0, 0.1) is 0 Å². The molecule has 1 N–H and O–H groups in total. The van der Waals surface area contributed by atoms with Crippen LogP contribution in [0.3, 0.4) is 0 Å². The molecule has 0 aliphatic carbocycles. The van der Waals surface area contributed by atoms with Crippen molar-refractivity contribution < 1.29 is 22.7 Å².